The van der Waals surface area contributed by atoms with Crippen LogP contribution in [0.3, 0.4) is 0 Å². The van der Waals surface area contributed by atoms with E-state index in [0.717, 1.165) is 0 Å². The van der Waals surface area contributed by atoms with Gasteiger partial charge in [0.2, 0.25) is 0 Å². The number of ether oxygens (including phenoxy) is 2. The van der Waals surface area contributed by atoms with Crippen LogP contribution in [-0.4, -0.2) is 55.1 Å². The van der Waals surface area contributed by atoms with Crippen LogP contribution < -0.4 is 14.8 Å². The highest BCUT2D eigenvalue weighted by Gasteiger charge is 2.29. The summed E-state index contributed by atoms with van der Waals surface area (Å²) in [5.74, 6) is 0.801. The van der Waals surface area contributed by atoms with E-state index in [1.165, 1.54) is 7.11 Å². The predicted molar refractivity (Wildman–Crippen MR) is 92.2 cm³/mol. The van der Waals surface area contributed by atoms with Gasteiger partial charge in [0.05, 0.1) is 20.3 Å². The summed E-state index contributed by atoms with van der Waals surface area (Å²) in [5.41, 5.74) is 1.15. The predicted octanol–water partition coefficient (Wildman–Crippen LogP) is 1.39. The van der Waals surface area contributed by atoms with Gasteiger partial charge in [-0.2, -0.15) is 0 Å². The maximum Gasteiger partial charge on any atom is 0.270 e. The lowest BCUT2D eigenvalue weighted by Gasteiger charge is -2.33. The van der Waals surface area contributed by atoms with Crippen LogP contribution in [0, 0.1) is 0 Å². The first-order valence-corrected chi connectivity index (χ1v) is 7.97. The zero-order valence-corrected chi connectivity index (χ0v) is 14.5. The fourth-order valence-corrected chi connectivity index (χ4v) is 2.96. The average molecular weight is 343 g/mol. The molecule has 0 bridgehead atoms. The molecular formula is C18H21N3O4. The van der Waals surface area contributed by atoms with Crippen LogP contribution in [0.1, 0.15) is 20.8 Å². The number of carbonyl (C=O) groups is 2. The summed E-state index contributed by atoms with van der Waals surface area (Å²) in [7, 11) is 4.83. The highest BCUT2D eigenvalue weighted by Crippen LogP contribution is 2.27. The summed E-state index contributed by atoms with van der Waals surface area (Å²) in [6.07, 6.45) is 1.88. The van der Waals surface area contributed by atoms with E-state index in [-0.39, 0.29) is 17.9 Å². The molecule has 1 N–H and O–H groups in total. The first-order valence-electron chi connectivity index (χ1n) is 7.97. The lowest BCUT2D eigenvalue weighted by Crippen LogP contribution is -2.50. The van der Waals surface area contributed by atoms with Gasteiger partial charge in [-0.15, -0.1) is 0 Å². The lowest BCUT2D eigenvalue weighted by atomic mass is 10.1. The molecule has 1 atom stereocenters. The number of nitrogens with one attached hydrogen (secondary N) is 1. The first-order chi connectivity index (χ1) is 12.0. The molecule has 3 rings (SSSR count). The Morgan fingerprint density at radius 1 is 1.24 bits per heavy atom. The van der Waals surface area contributed by atoms with Gasteiger partial charge < -0.3 is 24.3 Å². The van der Waals surface area contributed by atoms with Crippen LogP contribution in [0.25, 0.3) is 0 Å². The quantitative estimate of drug-likeness (QED) is 0.890. The Morgan fingerprint density at radius 2 is 2.00 bits per heavy atom. The molecule has 2 aromatic rings. The molecule has 0 fully saturated rings. The minimum absolute atomic E-state index is 0.0402. The van der Waals surface area contributed by atoms with Gasteiger partial charge in [0.25, 0.3) is 11.8 Å². The summed E-state index contributed by atoms with van der Waals surface area (Å²) in [4.78, 5) is 26.4. The Balaban J connectivity index is 1.68. The second-order valence-electron chi connectivity index (χ2n) is 5.90. The summed E-state index contributed by atoms with van der Waals surface area (Å²) < 4.78 is 12.3. The minimum Gasteiger partial charge on any atom is -0.493 e. The number of carbonyl (C=O) groups excluding carboxylic acids is 2. The van der Waals surface area contributed by atoms with Crippen LogP contribution >= 0.6 is 0 Å². The fraction of sp³-hybridized carbons (Fsp3) is 0.333. The molecule has 2 heterocycles. The van der Waals surface area contributed by atoms with Gasteiger partial charge in [0, 0.05) is 31.9 Å². The number of benzene rings is 1. The number of aromatic nitrogens is 1. The monoisotopic (exact) mass is 343 g/mol. The Kier molecular flexibility index (Phi) is 4.65. The van der Waals surface area contributed by atoms with Gasteiger partial charge in [-0.3, -0.25) is 9.59 Å². The van der Waals surface area contributed by atoms with Gasteiger partial charge >= 0.3 is 0 Å². The maximum absolute atomic E-state index is 12.4. The van der Waals surface area contributed by atoms with E-state index in [9.17, 15) is 9.59 Å². The third kappa shape index (κ3) is 3.17. The van der Waals surface area contributed by atoms with Crippen LogP contribution in [0.5, 0.6) is 11.5 Å². The molecule has 7 heteroatoms. The molecule has 132 valence electrons. The van der Waals surface area contributed by atoms with Gasteiger partial charge in [-0.1, -0.05) is 0 Å². The SMILES string of the molecule is COc1ccc(C(=O)NCC2Cn3cccc3C(=O)N2C)cc1OC. The molecule has 2 amide bonds. The standard InChI is InChI=1S/C18H21N3O4/c1-20-13(11-21-8-4-5-14(21)18(20)23)10-19-17(22)12-6-7-15(24-2)16(9-12)25-3/h4-9,13H,10-11H2,1-3H3,(H,19,22). The summed E-state index contributed by atoms with van der Waals surface area (Å²) in [6, 6.07) is 8.56. The van der Waals surface area contributed by atoms with Crippen molar-refractivity contribution in [3.8, 4) is 11.5 Å². The number of hydrogen-bond acceptors (Lipinski definition) is 4. The lowest BCUT2D eigenvalue weighted by molar-refractivity contribution is 0.0645. The van der Waals surface area contributed by atoms with Crippen molar-refractivity contribution in [3.63, 3.8) is 0 Å². The number of nitrogens with zero attached hydrogens (tertiary/aromatic N) is 2. The van der Waals surface area contributed by atoms with Crippen molar-refractivity contribution in [3.05, 3.63) is 47.8 Å². The van der Waals surface area contributed by atoms with Crippen molar-refractivity contribution >= 4 is 11.8 Å². The molecule has 0 saturated heterocycles. The molecule has 1 unspecified atom stereocenters. The normalized spacial score (nSPS) is 16.4. The van der Waals surface area contributed by atoms with E-state index in [1.54, 1.807) is 43.3 Å². The van der Waals surface area contributed by atoms with Crippen LogP contribution in [0.15, 0.2) is 36.5 Å². The smallest absolute Gasteiger partial charge is 0.270 e. The largest absolute Gasteiger partial charge is 0.493 e. The van der Waals surface area contributed by atoms with Gasteiger partial charge in [0.1, 0.15) is 5.69 Å². The molecule has 0 saturated carbocycles. The Labute approximate surface area is 146 Å². The number of methoxy groups -OCH3 is 2. The summed E-state index contributed by atoms with van der Waals surface area (Å²) in [5, 5.41) is 2.89. The van der Waals surface area contributed by atoms with Crippen molar-refractivity contribution in [2.45, 2.75) is 12.6 Å². The van der Waals surface area contributed by atoms with Crippen molar-refractivity contribution < 1.29 is 19.1 Å². The van der Waals surface area contributed by atoms with Crippen LogP contribution in [-0.2, 0) is 6.54 Å². The second kappa shape index (κ2) is 6.88. The second-order valence-corrected chi connectivity index (χ2v) is 5.90. The molecule has 0 aliphatic carbocycles. The van der Waals surface area contributed by atoms with E-state index in [2.05, 4.69) is 5.32 Å². The zero-order valence-electron chi connectivity index (χ0n) is 14.5. The van der Waals surface area contributed by atoms with E-state index in [0.29, 0.717) is 35.8 Å². The van der Waals surface area contributed by atoms with Crippen molar-refractivity contribution in [2.24, 2.45) is 0 Å². The maximum atomic E-state index is 12.4. The molecule has 25 heavy (non-hydrogen) atoms. The summed E-state index contributed by atoms with van der Waals surface area (Å²) in [6.45, 7) is 1.02. The Hall–Kier alpha value is -2.96. The number of fused-ring (bicyclic) bond motifs is 1. The van der Waals surface area contributed by atoms with Gasteiger partial charge in [-0.25, -0.2) is 0 Å². The van der Waals surface area contributed by atoms with Gasteiger partial charge in [0.15, 0.2) is 11.5 Å². The highest BCUT2D eigenvalue weighted by atomic mass is 16.5. The van der Waals surface area contributed by atoms with Gasteiger partial charge in [-0.05, 0) is 30.3 Å². The summed E-state index contributed by atoms with van der Waals surface area (Å²) >= 11 is 0. The average Bonchev–Trinajstić information content (AvgIpc) is 3.11. The van der Waals surface area contributed by atoms with E-state index >= 15 is 0 Å². The third-order valence-electron chi connectivity index (χ3n) is 4.47. The number of amides is 2. The number of rotatable bonds is 5. The fourth-order valence-electron chi connectivity index (χ4n) is 2.96. The van der Waals surface area contributed by atoms with E-state index in [4.69, 9.17) is 9.47 Å². The minimum atomic E-state index is -0.222. The molecule has 0 spiro atoms. The Morgan fingerprint density at radius 3 is 2.72 bits per heavy atom. The molecule has 1 aliphatic rings. The van der Waals surface area contributed by atoms with E-state index in [1.807, 2.05) is 16.8 Å². The van der Waals surface area contributed by atoms with Crippen LogP contribution in [0.4, 0.5) is 0 Å². The zero-order chi connectivity index (χ0) is 18.0. The molecule has 1 aromatic heterocycles. The van der Waals surface area contributed by atoms with Crippen molar-refractivity contribution in [1.29, 1.82) is 0 Å². The van der Waals surface area contributed by atoms with Crippen LogP contribution in [0.2, 0.25) is 0 Å². The topological polar surface area (TPSA) is 72.8 Å². The third-order valence-corrected chi connectivity index (χ3v) is 4.47. The highest BCUT2D eigenvalue weighted by molar-refractivity contribution is 5.95. The molecule has 1 aromatic carbocycles. The van der Waals surface area contributed by atoms with E-state index < -0.39 is 0 Å². The molecule has 7 nitrogen and oxygen atoms in total. The van der Waals surface area contributed by atoms with Crippen molar-refractivity contribution in [1.82, 2.24) is 14.8 Å². The van der Waals surface area contributed by atoms with Crippen molar-refractivity contribution in [2.75, 3.05) is 27.8 Å². The molecule has 1 aliphatic heterocycles. The molecule has 0 radical (unpaired) electrons. The molecular weight excluding hydrogens is 322 g/mol. The first kappa shape index (κ1) is 16.9. The number of likely N-dealkylation sites (N-methyl/N-ethyl adjacent to an activating group) is 1. The number of hydrogen-bond donors (Lipinski definition) is 1. The Bertz CT molecular complexity index is 799.